The third-order valence-electron chi connectivity index (χ3n) is 9.47. The minimum atomic E-state index is -1.02. The molecule has 0 bridgehead atoms. The van der Waals surface area contributed by atoms with E-state index in [1.54, 1.807) is 19.5 Å². The van der Waals surface area contributed by atoms with Gasteiger partial charge in [-0.2, -0.15) is 10.0 Å². The Morgan fingerprint density at radius 2 is 0.929 bits per heavy atom. The molecule has 2 aromatic heterocycles. The summed E-state index contributed by atoms with van der Waals surface area (Å²) < 4.78 is 0. The SMILES string of the molecule is CCCCCCCCC(CCCCCC)CS1(CCCCCCC)c2cc(C(C)(C)C)sc2-c2sc(C(C)(C)C)cc21. The van der Waals surface area contributed by atoms with Gasteiger partial charge in [-0.1, -0.05) is 152 Å². The van der Waals surface area contributed by atoms with Gasteiger partial charge in [0.05, 0.1) is 9.75 Å². The van der Waals surface area contributed by atoms with E-state index < -0.39 is 10.0 Å². The predicted molar refractivity (Wildman–Crippen MR) is 198 cm³/mol. The summed E-state index contributed by atoms with van der Waals surface area (Å²) in [7, 11) is -1.02. The highest BCUT2D eigenvalue weighted by Crippen LogP contribution is 2.76. The lowest BCUT2D eigenvalue weighted by Gasteiger charge is -2.41. The average Bonchev–Trinajstić information content (AvgIpc) is 3.61. The van der Waals surface area contributed by atoms with Crippen LogP contribution < -0.4 is 0 Å². The Kier molecular flexibility index (Phi) is 14.6. The molecule has 3 rings (SSSR count). The Labute approximate surface area is 272 Å². The molecule has 1 atom stereocenters. The van der Waals surface area contributed by atoms with E-state index in [1.165, 1.54) is 121 Å². The number of hydrogen-bond donors (Lipinski definition) is 0. The highest BCUT2D eigenvalue weighted by Gasteiger charge is 2.44. The minimum Gasteiger partial charge on any atom is -0.185 e. The van der Waals surface area contributed by atoms with Crippen LogP contribution in [0.5, 0.6) is 0 Å². The van der Waals surface area contributed by atoms with E-state index in [9.17, 15) is 0 Å². The van der Waals surface area contributed by atoms with Gasteiger partial charge in [0, 0.05) is 19.5 Å². The molecular formula is C39H68S3. The molecule has 0 N–H and O–H groups in total. The fraction of sp³-hybridized carbons (Fsp3) is 0.795. The van der Waals surface area contributed by atoms with Gasteiger partial charge in [0.25, 0.3) is 0 Å². The van der Waals surface area contributed by atoms with Gasteiger partial charge in [-0.3, -0.25) is 0 Å². The summed E-state index contributed by atoms with van der Waals surface area (Å²) in [5.41, 5.74) is 0.452. The second-order valence-electron chi connectivity index (χ2n) is 15.5. The zero-order chi connectivity index (χ0) is 30.8. The second kappa shape index (κ2) is 16.9. The second-order valence-corrected chi connectivity index (χ2v) is 21.0. The lowest BCUT2D eigenvalue weighted by atomic mass is 9.95. The summed E-state index contributed by atoms with van der Waals surface area (Å²) in [4.78, 5) is 10.2. The number of unbranched alkanes of at least 4 members (excludes halogenated alkanes) is 12. The van der Waals surface area contributed by atoms with Crippen LogP contribution in [0.1, 0.15) is 181 Å². The monoisotopic (exact) mass is 632 g/mol. The molecule has 0 radical (unpaired) electrons. The van der Waals surface area contributed by atoms with Crippen LogP contribution in [0, 0.1) is 5.92 Å². The van der Waals surface area contributed by atoms with Crippen LogP contribution in [-0.2, 0) is 10.8 Å². The summed E-state index contributed by atoms with van der Waals surface area (Å²) in [6.45, 7) is 21.6. The Balaban J connectivity index is 2.01. The van der Waals surface area contributed by atoms with Crippen molar-refractivity contribution in [3.63, 3.8) is 0 Å². The zero-order valence-corrected chi connectivity index (χ0v) is 31.8. The maximum absolute atomic E-state index is 2.74. The molecule has 0 nitrogen and oxygen atoms in total. The molecule has 242 valence electrons. The molecule has 0 aliphatic carbocycles. The smallest absolute Gasteiger partial charge is 0.0580 e. The first kappa shape index (κ1) is 36.2. The first-order chi connectivity index (χ1) is 20.0. The van der Waals surface area contributed by atoms with Gasteiger partial charge in [0.2, 0.25) is 0 Å². The summed E-state index contributed by atoms with van der Waals surface area (Å²) in [5.74, 6) is 3.77. The van der Waals surface area contributed by atoms with Crippen molar-refractivity contribution in [1.29, 1.82) is 0 Å². The normalized spacial score (nSPS) is 16.0. The van der Waals surface area contributed by atoms with Gasteiger partial charge >= 0.3 is 0 Å². The number of fused-ring (bicyclic) bond motifs is 3. The Bertz CT molecular complexity index is 983. The molecule has 2 aromatic rings. The molecule has 0 saturated heterocycles. The van der Waals surface area contributed by atoms with E-state index in [-0.39, 0.29) is 10.8 Å². The fourth-order valence-corrected chi connectivity index (χ4v) is 15.2. The molecule has 1 aliphatic heterocycles. The van der Waals surface area contributed by atoms with Crippen LogP contribution >= 0.6 is 32.7 Å². The molecule has 0 fully saturated rings. The third-order valence-corrected chi connectivity index (χ3v) is 17.4. The van der Waals surface area contributed by atoms with Crippen molar-refractivity contribution in [2.24, 2.45) is 5.92 Å². The highest BCUT2D eigenvalue weighted by molar-refractivity contribution is 8.34. The van der Waals surface area contributed by atoms with Gasteiger partial charge < -0.3 is 0 Å². The van der Waals surface area contributed by atoms with Crippen LogP contribution in [0.2, 0.25) is 0 Å². The molecule has 3 heterocycles. The van der Waals surface area contributed by atoms with Crippen LogP contribution in [0.4, 0.5) is 0 Å². The predicted octanol–water partition coefficient (Wildman–Crippen LogP) is 14.9. The van der Waals surface area contributed by atoms with Gasteiger partial charge in [-0.05, 0) is 59.6 Å². The third kappa shape index (κ3) is 9.62. The van der Waals surface area contributed by atoms with Crippen LogP contribution in [0.3, 0.4) is 0 Å². The molecule has 42 heavy (non-hydrogen) atoms. The maximum atomic E-state index is 2.74. The Morgan fingerprint density at radius 3 is 1.36 bits per heavy atom. The van der Waals surface area contributed by atoms with Gasteiger partial charge in [-0.25, -0.2) is 0 Å². The van der Waals surface area contributed by atoms with E-state index in [1.807, 2.05) is 9.79 Å². The Morgan fingerprint density at radius 1 is 0.548 bits per heavy atom. The van der Waals surface area contributed by atoms with Crippen molar-refractivity contribution in [2.75, 3.05) is 11.5 Å². The molecule has 1 unspecified atom stereocenters. The van der Waals surface area contributed by atoms with Gasteiger partial charge in [0.1, 0.15) is 0 Å². The topological polar surface area (TPSA) is 0 Å². The number of thiophene rings is 2. The van der Waals surface area contributed by atoms with Gasteiger partial charge in [0.15, 0.2) is 0 Å². The largest absolute Gasteiger partial charge is 0.185 e. The van der Waals surface area contributed by atoms with Crippen molar-refractivity contribution in [1.82, 2.24) is 0 Å². The molecule has 0 amide bonds. The molecular weight excluding hydrogens is 565 g/mol. The van der Waals surface area contributed by atoms with Gasteiger partial charge in [-0.15, -0.1) is 22.7 Å². The first-order valence-electron chi connectivity index (χ1n) is 18.1. The molecule has 3 heteroatoms. The fourth-order valence-electron chi connectivity index (χ4n) is 6.72. The van der Waals surface area contributed by atoms with E-state index in [0.29, 0.717) is 0 Å². The van der Waals surface area contributed by atoms with E-state index in [4.69, 9.17) is 0 Å². The molecule has 0 aromatic carbocycles. The molecule has 0 saturated carbocycles. The lowest BCUT2D eigenvalue weighted by molar-refractivity contribution is 0.438. The van der Waals surface area contributed by atoms with Crippen LogP contribution in [0.15, 0.2) is 21.9 Å². The quantitative estimate of drug-likeness (QED) is 0.127. The lowest BCUT2D eigenvalue weighted by Crippen LogP contribution is -2.18. The maximum Gasteiger partial charge on any atom is 0.0580 e. The van der Waals surface area contributed by atoms with Crippen molar-refractivity contribution >= 4 is 32.7 Å². The van der Waals surface area contributed by atoms with E-state index >= 15 is 0 Å². The van der Waals surface area contributed by atoms with Crippen LogP contribution in [-0.4, -0.2) is 11.5 Å². The van der Waals surface area contributed by atoms with Crippen molar-refractivity contribution in [2.45, 2.75) is 192 Å². The average molecular weight is 633 g/mol. The summed E-state index contributed by atoms with van der Waals surface area (Å²) in [6, 6.07) is 5.48. The first-order valence-corrected chi connectivity index (χ1v) is 21.7. The van der Waals surface area contributed by atoms with Crippen LogP contribution in [0.25, 0.3) is 9.75 Å². The van der Waals surface area contributed by atoms with E-state index in [0.717, 1.165) is 5.92 Å². The van der Waals surface area contributed by atoms with E-state index in [2.05, 4.69) is 97.1 Å². The van der Waals surface area contributed by atoms with Crippen molar-refractivity contribution in [3.8, 4) is 9.75 Å². The highest BCUT2D eigenvalue weighted by atomic mass is 32.3. The zero-order valence-electron chi connectivity index (χ0n) is 29.4. The summed E-state index contributed by atoms with van der Waals surface area (Å²) in [5, 5.41) is 0. The standard InChI is InChI=1S/C39H68S3/c1-10-13-16-19-20-23-26-31(25-22-18-15-12-3)30-42(27-24-21-17-14-11-2)32-28-34(38(4,5)6)40-36(32)37-33(42)29-35(41-37)39(7,8)9/h28-29,31H,10-27,30H2,1-9H3. The molecule has 1 aliphatic rings. The van der Waals surface area contributed by atoms with Crippen molar-refractivity contribution in [3.05, 3.63) is 21.9 Å². The number of rotatable bonds is 20. The Hall–Kier alpha value is -0.250. The summed E-state index contributed by atoms with van der Waals surface area (Å²) in [6.07, 6.45) is 24.0. The number of hydrogen-bond acceptors (Lipinski definition) is 2. The summed E-state index contributed by atoms with van der Waals surface area (Å²) >= 11 is 4.31. The van der Waals surface area contributed by atoms with Crippen molar-refractivity contribution < 1.29 is 0 Å². The molecule has 0 spiro atoms. The minimum absolute atomic E-state index is 0.226.